The van der Waals surface area contributed by atoms with Gasteiger partial charge in [0, 0.05) is 17.5 Å². The molecule has 3 rings (SSSR count). The van der Waals surface area contributed by atoms with Crippen LogP contribution in [-0.2, 0) is 10.0 Å². The number of benzene rings is 2. The van der Waals surface area contributed by atoms with E-state index in [1.807, 2.05) is 0 Å². The number of furan rings is 1. The fourth-order valence-electron chi connectivity index (χ4n) is 2.79. The van der Waals surface area contributed by atoms with E-state index in [1.165, 1.54) is 19.1 Å². The highest BCUT2D eigenvalue weighted by Gasteiger charge is 2.24. The number of non-ortho nitro benzene ring substituents is 1. The number of nitro benzene ring substituents is 1. The number of fused-ring (bicyclic) bond motifs is 1. The van der Waals surface area contributed by atoms with Crippen LogP contribution < -0.4 is 4.72 Å². The van der Waals surface area contributed by atoms with Crippen molar-refractivity contribution in [2.75, 3.05) is 4.72 Å². The number of anilines is 1. The minimum absolute atomic E-state index is 0.0448. The molecule has 1 aromatic heterocycles. The van der Waals surface area contributed by atoms with Crippen LogP contribution in [0.1, 0.15) is 23.0 Å². The number of carbonyl (C=O) groups excluding carboxylic acids is 1. The Labute approximate surface area is 169 Å². The lowest BCUT2D eigenvalue weighted by atomic mass is 10.1. The number of nitro groups is 1. The third-order valence-corrected chi connectivity index (χ3v) is 6.08. The SMILES string of the molecule is CC(=O)c1c(C)oc2c(Cl)cc(NS(=O)(=O)c3cc([N+](=O)[O-])ccc3Cl)cc12. The lowest BCUT2D eigenvalue weighted by Gasteiger charge is -2.10. The number of nitrogens with one attached hydrogen (secondary N) is 1. The maximum Gasteiger partial charge on any atom is 0.270 e. The van der Waals surface area contributed by atoms with E-state index in [0.29, 0.717) is 11.1 Å². The molecule has 2 aromatic carbocycles. The first kappa shape index (κ1) is 20.1. The van der Waals surface area contributed by atoms with Crippen LogP contribution in [0.4, 0.5) is 11.4 Å². The molecule has 28 heavy (non-hydrogen) atoms. The van der Waals surface area contributed by atoms with Crippen molar-refractivity contribution >= 4 is 61.4 Å². The Morgan fingerprint density at radius 2 is 1.86 bits per heavy atom. The number of sulfonamides is 1. The number of halogens is 2. The van der Waals surface area contributed by atoms with Gasteiger partial charge in [0.05, 0.1) is 26.2 Å². The molecule has 1 N–H and O–H groups in total. The molecule has 0 saturated heterocycles. The van der Waals surface area contributed by atoms with Gasteiger partial charge in [0.15, 0.2) is 11.4 Å². The highest BCUT2D eigenvalue weighted by molar-refractivity contribution is 7.92. The van der Waals surface area contributed by atoms with Crippen molar-refractivity contribution < 1.29 is 22.6 Å². The third kappa shape index (κ3) is 3.56. The van der Waals surface area contributed by atoms with Crippen LogP contribution in [0.15, 0.2) is 39.6 Å². The van der Waals surface area contributed by atoms with E-state index in [0.717, 1.165) is 18.2 Å². The van der Waals surface area contributed by atoms with Crippen molar-refractivity contribution in [1.29, 1.82) is 0 Å². The molecular weight excluding hydrogens is 431 g/mol. The van der Waals surface area contributed by atoms with E-state index in [9.17, 15) is 23.3 Å². The number of hydrogen-bond acceptors (Lipinski definition) is 6. The molecular formula is C17H12Cl2N2O6S. The molecule has 11 heteroatoms. The van der Waals surface area contributed by atoms with Crippen LogP contribution in [0.25, 0.3) is 11.0 Å². The molecule has 0 radical (unpaired) electrons. The maximum absolute atomic E-state index is 12.7. The van der Waals surface area contributed by atoms with Gasteiger partial charge in [-0.2, -0.15) is 0 Å². The first-order valence-electron chi connectivity index (χ1n) is 7.71. The van der Waals surface area contributed by atoms with Crippen molar-refractivity contribution in [2.45, 2.75) is 18.7 Å². The third-order valence-electron chi connectivity index (χ3n) is 3.94. The molecule has 8 nitrogen and oxygen atoms in total. The number of carbonyl (C=O) groups is 1. The van der Waals surface area contributed by atoms with Gasteiger partial charge in [-0.15, -0.1) is 0 Å². The molecule has 1 heterocycles. The fourth-order valence-corrected chi connectivity index (χ4v) is 4.61. The van der Waals surface area contributed by atoms with Crippen molar-refractivity contribution in [3.63, 3.8) is 0 Å². The average molecular weight is 443 g/mol. The number of hydrogen-bond donors (Lipinski definition) is 1. The molecule has 0 bridgehead atoms. The fraction of sp³-hybridized carbons (Fsp3) is 0.118. The molecule has 0 spiro atoms. The van der Waals surface area contributed by atoms with E-state index in [-0.39, 0.29) is 32.7 Å². The molecule has 0 aliphatic rings. The topological polar surface area (TPSA) is 120 Å². The molecule has 146 valence electrons. The monoisotopic (exact) mass is 442 g/mol. The van der Waals surface area contributed by atoms with Crippen LogP contribution in [-0.4, -0.2) is 19.1 Å². The Bertz CT molecular complexity index is 1250. The number of ketones is 1. The lowest BCUT2D eigenvalue weighted by Crippen LogP contribution is -2.14. The van der Waals surface area contributed by atoms with Crippen LogP contribution in [0.5, 0.6) is 0 Å². The second-order valence-electron chi connectivity index (χ2n) is 5.90. The Morgan fingerprint density at radius 1 is 1.18 bits per heavy atom. The smallest absolute Gasteiger partial charge is 0.270 e. The summed E-state index contributed by atoms with van der Waals surface area (Å²) in [5, 5.41) is 11.2. The standard InChI is InChI=1S/C17H12Cl2N2O6S/c1-8(22)16-9(2)27-17-12(16)5-10(6-14(17)19)20-28(25,26)15-7-11(21(23)24)3-4-13(15)18/h3-7,20H,1-2H3. The number of nitrogens with zero attached hydrogens (tertiary/aromatic N) is 1. The number of aryl methyl sites for hydroxylation is 1. The molecule has 0 saturated carbocycles. The minimum Gasteiger partial charge on any atom is -0.459 e. The van der Waals surface area contributed by atoms with Crippen molar-refractivity contribution in [1.82, 2.24) is 0 Å². The highest BCUT2D eigenvalue weighted by Crippen LogP contribution is 2.35. The van der Waals surface area contributed by atoms with Gasteiger partial charge < -0.3 is 4.42 Å². The first-order chi connectivity index (χ1) is 13.0. The van der Waals surface area contributed by atoms with Gasteiger partial charge >= 0.3 is 0 Å². The number of rotatable bonds is 5. The van der Waals surface area contributed by atoms with Gasteiger partial charge in [-0.25, -0.2) is 8.42 Å². The summed E-state index contributed by atoms with van der Waals surface area (Å²) >= 11 is 12.1. The van der Waals surface area contributed by atoms with Crippen LogP contribution in [0, 0.1) is 17.0 Å². The van der Waals surface area contributed by atoms with E-state index in [1.54, 1.807) is 6.92 Å². The van der Waals surface area contributed by atoms with E-state index in [4.69, 9.17) is 27.6 Å². The predicted molar refractivity (Wildman–Crippen MR) is 105 cm³/mol. The summed E-state index contributed by atoms with van der Waals surface area (Å²) in [5.74, 6) is 0.0835. The normalized spacial score (nSPS) is 11.6. The van der Waals surface area contributed by atoms with Crippen molar-refractivity contribution in [3.8, 4) is 0 Å². The Morgan fingerprint density at radius 3 is 2.46 bits per heavy atom. The van der Waals surface area contributed by atoms with Crippen molar-refractivity contribution in [3.05, 3.63) is 61.8 Å². The average Bonchev–Trinajstić information content (AvgIpc) is 2.91. The van der Waals surface area contributed by atoms with Gasteiger partial charge in [-0.1, -0.05) is 23.2 Å². The lowest BCUT2D eigenvalue weighted by molar-refractivity contribution is -0.385. The van der Waals surface area contributed by atoms with Gasteiger partial charge in [-0.05, 0) is 32.0 Å². The molecule has 0 amide bonds. The number of Topliss-reactive ketones (excluding diaryl/α,β-unsaturated/α-hetero) is 1. The van der Waals surface area contributed by atoms with Crippen molar-refractivity contribution in [2.24, 2.45) is 0 Å². The van der Waals surface area contributed by atoms with Gasteiger partial charge in [-0.3, -0.25) is 19.6 Å². The van der Waals surface area contributed by atoms with E-state index < -0.39 is 25.5 Å². The quantitative estimate of drug-likeness (QED) is 0.338. The summed E-state index contributed by atoms with van der Waals surface area (Å²) in [5.41, 5.74) is 0.151. The molecule has 0 atom stereocenters. The zero-order valence-corrected chi connectivity index (χ0v) is 16.8. The minimum atomic E-state index is -4.27. The Balaban J connectivity index is 2.12. The largest absolute Gasteiger partial charge is 0.459 e. The second kappa shape index (κ2) is 7.08. The Kier molecular flexibility index (Phi) is 5.09. The van der Waals surface area contributed by atoms with Gasteiger partial charge in [0.25, 0.3) is 15.7 Å². The van der Waals surface area contributed by atoms with Crippen LogP contribution in [0.2, 0.25) is 10.0 Å². The molecule has 0 aliphatic heterocycles. The zero-order chi connectivity index (χ0) is 20.8. The highest BCUT2D eigenvalue weighted by atomic mass is 35.5. The maximum atomic E-state index is 12.7. The zero-order valence-electron chi connectivity index (χ0n) is 14.4. The van der Waals surface area contributed by atoms with Crippen LogP contribution in [0.3, 0.4) is 0 Å². The Hall–Kier alpha value is -2.62. The molecule has 3 aromatic rings. The molecule has 0 aliphatic carbocycles. The van der Waals surface area contributed by atoms with Gasteiger partial charge in [0.1, 0.15) is 10.7 Å². The second-order valence-corrected chi connectivity index (χ2v) is 8.37. The van der Waals surface area contributed by atoms with Gasteiger partial charge in [0.2, 0.25) is 0 Å². The summed E-state index contributed by atoms with van der Waals surface area (Å²) in [6.07, 6.45) is 0. The van der Waals surface area contributed by atoms with E-state index >= 15 is 0 Å². The van der Waals surface area contributed by atoms with Crippen LogP contribution >= 0.6 is 23.2 Å². The summed E-state index contributed by atoms with van der Waals surface area (Å²) in [6, 6.07) is 5.78. The summed E-state index contributed by atoms with van der Waals surface area (Å²) in [4.78, 5) is 21.6. The summed E-state index contributed by atoms with van der Waals surface area (Å²) in [6.45, 7) is 2.95. The summed E-state index contributed by atoms with van der Waals surface area (Å²) < 4.78 is 33.2. The predicted octanol–water partition coefficient (Wildman–Crippen LogP) is 4.96. The summed E-state index contributed by atoms with van der Waals surface area (Å²) in [7, 11) is -4.27. The van der Waals surface area contributed by atoms with E-state index in [2.05, 4.69) is 4.72 Å². The molecule has 0 unspecified atom stereocenters. The first-order valence-corrected chi connectivity index (χ1v) is 9.95. The molecule has 0 fully saturated rings.